The number of benzene rings is 1. The summed E-state index contributed by atoms with van der Waals surface area (Å²) in [7, 11) is 0. The first kappa shape index (κ1) is 19.6. The zero-order valence-corrected chi connectivity index (χ0v) is 14.3. The number of hydrogen-bond donors (Lipinski definition) is 3. The van der Waals surface area contributed by atoms with E-state index in [2.05, 4.69) is 20.8 Å². The molecule has 0 saturated heterocycles. The van der Waals surface area contributed by atoms with Gasteiger partial charge in [-0.2, -0.15) is 4.98 Å². The predicted molar refractivity (Wildman–Crippen MR) is 91.8 cm³/mol. The van der Waals surface area contributed by atoms with Crippen molar-refractivity contribution in [3.8, 4) is 11.5 Å². The molecule has 0 saturated carbocycles. The van der Waals surface area contributed by atoms with Crippen molar-refractivity contribution in [1.82, 2.24) is 15.5 Å². The maximum Gasteiger partial charge on any atom is 0.257 e. The van der Waals surface area contributed by atoms with Crippen LogP contribution >= 0.6 is 12.4 Å². The summed E-state index contributed by atoms with van der Waals surface area (Å²) in [5.41, 5.74) is 7.37. The molecule has 2 rings (SSSR count). The molecule has 24 heavy (non-hydrogen) atoms. The average molecular weight is 354 g/mol. The molecule has 2 aromatic rings. The van der Waals surface area contributed by atoms with Gasteiger partial charge in [-0.25, -0.2) is 0 Å². The van der Waals surface area contributed by atoms with Crippen molar-refractivity contribution in [2.24, 2.45) is 5.73 Å². The Morgan fingerprint density at radius 3 is 2.67 bits per heavy atom. The summed E-state index contributed by atoms with van der Waals surface area (Å²) in [5, 5.41) is 9.00. The van der Waals surface area contributed by atoms with E-state index in [4.69, 9.17) is 10.3 Å². The molecule has 0 aliphatic rings. The van der Waals surface area contributed by atoms with Crippen molar-refractivity contribution < 1.29 is 14.1 Å². The highest BCUT2D eigenvalue weighted by Crippen LogP contribution is 2.24. The van der Waals surface area contributed by atoms with Gasteiger partial charge in [-0.05, 0) is 24.6 Å². The second-order valence-corrected chi connectivity index (χ2v) is 4.93. The second-order valence-electron chi connectivity index (χ2n) is 4.93. The fourth-order valence-corrected chi connectivity index (χ4v) is 1.85. The van der Waals surface area contributed by atoms with Crippen LogP contribution in [0.2, 0.25) is 0 Å². The fourth-order valence-electron chi connectivity index (χ4n) is 1.85. The Morgan fingerprint density at radius 1 is 1.29 bits per heavy atom. The Hall–Kier alpha value is -2.45. The number of nitrogens with one attached hydrogen (secondary N) is 2. The van der Waals surface area contributed by atoms with Crippen molar-refractivity contribution in [3.63, 3.8) is 0 Å². The molecule has 1 aromatic carbocycles. The smallest absolute Gasteiger partial charge is 0.257 e. The van der Waals surface area contributed by atoms with Crippen LogP contribution in [-0.4, -0.2) is 35.0 Å². The van der Waals surface area contributed by atoms with E-state index < -0.39 is 0 Å². The lowest BCUT2D eigenvalue weighted by molar-refractivity contribution is -0.123. The van der Waals surface area contributed by atoms with E-state index in [0.29, 0.717) is 29.4 Å². The van der Waals surface area contributed by atoms with Crippen LogP contribution in [0.1, 0.15) is 18.3 Å². The van der Waals surface area contributed by atoms with Gasteiger partial charge in [0, 0.05) is 17.7 Å². The van der Waals surface area contributed by atoms with Gasteiger partial charge in [0.25, 0.3) is 5.89 Å². The average Bonchev–Trinajstić information content (AvgIpc) is 3.03. The maximum atomic E-state index is 11.9. The van der Waals surface area contributed by atoms with Gasteiger partial charge in [0.1, 0.15) is 0 Å². The number of carbonyl (C=O) groups excluding carboxylic acids is 2. The number of nitrogens with zero attached hydrogens (tertiary/aromatic N) is 2. The van der Waals surface area contributed by atoms with Crippen LogP contribution < -0.4 is 16.4 Å². The van der Waals surface area contributed by atoms with E-state index >= 15 is 0 Å². The summed E-state index contributed by atoms with van der Waals surface area (Å²) >= 11 is 0. The van der Waals surface area contributed by atoms with Crippen LogP contribution in [0.15, 0.2) is 22.7 Å². The van der Waals surface area contributed by atoms with Crippen molar-refractivity contribution in [1.29, 1.82) is 0 Å². The molecular formula is C15H20ClN5O3. The van der Waals surface area contributed by atoms with E-state index in [-0.39, 0.29) is 37.3 Å². The van der Waals surface area contributed by atoms with Crippen molar-refractivity contribution in [3.05, 3.63) is 29.6 Å². The molecule has 1 aromatic heterocycles. The summed E-state index contributed by atoms with van der Waals surface area (Å²) in [6.45, 7) is 3.51. The van der Waals surface area contributed by atoms with Gasteiger partial charge in [-0.1, -0.05) is 18.1 Å². The molecular weight excluding hydrogens is 334 g/mol. The predicted octanol–water partition coefficient (Wildman–Crippen LogP) is 1.04. The monoisotopic (exact) mass is 353 g/mol. The van der Waals surface area contributed by atoms with E-state index in [1.165, 1.54) is 0 Å². The molecule has 9 heteroatoms. The van der Waals surface area contributed by atoms with Crippen LogP contribution in [0, 0.1) is 6.92 Å². The van der Waals surface area contributed by atoms with Gasteiger partial charge < -0.3 is 20.9 Å². The minimum Gasteiger partial charge on any atom is -0.346 e. The molecule has 0 spiro atoms. The van der Waals surface area contributed by atoms with Crippen LogP contribution in [0.25, 0.3) is 11.5 Å². The second kappa shape index (κ2) is 8.99. The van der Waals surface area contributed by atoms with Gasteiger partial charge in [-0.15, -0.1) is 12.4 Å². The third-order valence-electron chi connectivity index (χ3n) is 3.17. The van der Waals surface area contributed by atoms with Crippen molar-refractivity contribution in [2.45, 2.75) is 20.3 Å². The first-order valence-corrected chi connectivity index (χ1v) is 7.23. The summed E-state index contributed by atoms with van der Waals surface area (Å²) in [4.78, 5) is 27.2. The molecule has 0 radical (unpaired) electrons. The third-order valence-corrected chi connectivity index (χ3v) is 3.17. The lowest BCUT2D eigenvalue weighted by atomic mass is 10.1. The maximum absolute atomic E-state index is 11.9. The first-order chi connectivity index (χ1) is 11.0. The van der Waals surface area contributed by atoms with Gasteiger partial charge in [0.05, 0.1) is 13.1 Å². The van der Waals surface area contributed by atoms with Crippen LogP contribution in [0.5, 0.6) is 0 Å². The van der Waals surface area contributed by atoms with E-state index in [0.717, 1.165) is 5.56 Å². The number of nitrogens with two attached hydrogens (primary N) is 1. The zero-order valence-electron chi connectivity index (χ0n) is 13.5. The zero-order chi connectivity index (χ0) is 16.8. The largest absolute Gasteiger partial charge is 0.346 e. The Kier molecular flexibility index (Phi) is 7.34. The number of amides is 2. The van der Waals surface area contributed by atoms with Crippen molar-refractivity contribution >= 4 is 29.9 Å². The molecule has 4 N–H and O–H groups in total. The van der Waals surface area contributed by atoms with Gasteiger partial charge >= 0.3 is 0 Å². The Morgan fingerprint density at radius 2 is 2.04 bits per heavy atom. The molecule has 8 nitrogen and oxygen atoms in total. The number of halogens is 1. The number of anilines is 1. The highest BCUT2D eigenvalue weighted by Gasteiger charge is 2.11. The minimum atomic E-state index is -0.386. The quantitative estimate of drug-likeness (QED) is 0.713. The summed E-state index contributed by atoms with van der Waals surface area (Å²) < 4.78 is 5.19. The van der Waals surface area contributed by atoms with Crippen molar-refractivity contribution in [2.75, 3.05) is 18.4 Å². The molecule has 0 aliphatic carbocycles. The highest BCUT2D eigenvalue weighted by atomic mass is 35.5. The lowest BCUT2D eigenvalue weighted by Gasteiger charge is -2.10. The standard InChI is InChI=1S/C15H19N5O3.ClH/c1-3-12-19-15(23-20-12)10-5-4-9(2)11(6-10)18-14(22)8-17-13(21)7-16;/h4-6H,3,7-8,16H2,1-2H3,(H,17,21)(H,18,22);1H. The molecule has 130 valence electrons. The minimum absolute atomic E-state index is 0. The van der Waals surface area contributed by atoms with E-state index in [1.807, 2.05) is 26.0 Å². The number of carbonyl (C=O) groups is 2. The number of aryl methyl sites for hydroxylation is 2. The molecule has 2 amide bonds. The normalized spacial score (nSPS) is 9.96. The molecule has 0 fully saturated rings. The van der Waals surface area contributed by atoms with E-state index in [9.17, 15) is 9.59 Å². The SMILES string of the molecule is CCc1noc(-c2ccc(C)c(NC(=O)CNC(=O)CN)c2)n1.Cl. The van der Waals surface area contributed by atoms with Gasteiger partial charge in [0.15, 0.2) is 5.82 Å². The Labute approximate surface area is 145 Å². The van der Waals surface area contributed by atoms with Gasteiger partial charge in [-0.3, -0.25) is 9.59 Å². The summed E-state index contributed by atoms with van der Waals surface area (Å²) in [6, 6.07) is 5.44. The number of aromatic nitrogens is 2. The molecule has 0 unspecified atom stereocenters. The van der Waals surface area contributed by atoms with Crippen LogP contribution in [-0.2, 0) is 16.0 Å². The first-order valence-electron chi connectivity index (χ1n) is 7.23. The topological polar surface area (TPSA) is 123 Å². The third kappa shape index (κ3) is 5.04. The van der Waals surface area contributed by atoms with Gasteiger partial charge in [0.2, 0.25) is 11.8 Å². The summed E-state index contributed by atoms with van der Waals surface area (Å²) in [5.74, 6) is 0.292. The highest BCUT2D eigenvalue weighted by molar-refractivity contribution is 5.95. The van der Waals surface area contributed by atoms with E-state index in [1.54, 1.807) is 6.07 Å². The Bertz CT molecular complexity index is 717. The number of rotatable bonds is 6. The number of hydrogen-bond acceptors (Lipinski definition) is 6. The lowest BCUT2D eigenvalue weighted by Crippen LogP contribution is -2.36. The molecule has 0 aliphatic heterocycles. The molecule has 0 bridgehead atoms. The fraction of sp³-hybridized carbons (Fsp3) is 0.333. The molecule has 1 heterocycles. The van der Waals surface area contributed by atoms with Crippen LogP contribution in [0.4, 0.5) is 5.69 Å². The Balaban J connectivity index is 0.00000288. The summed E-state index contributed by atoms with van der Waals surface area (Å²) in [6.07, 6.45) is 0.680. The van der Waals surface area contributed by atoms with Crippen LogP contribution in [0.3, 0.4) is 0 Å². The molecule has 0 atom stereocenters.